The van der Waals surface area contributed by atoms with Crippen molar-refractivity contribution in [1.29, 1.82) is 0 Å². The first-order chi connectivity index (χ1) is 13.5. The van der Waals surface area contributed by atoms with E-state index in [1.54, 1.807) is 6.08 Å². The summed E-state index contributed by atoms with van der Waals surface area (Å²) in [5.74, 6) is 2.44. The van der Waals surface area contributed by atoms with Crippen molar-refractivity contribution < 1.29 is 9.53 Å². The Kier molecular flexibility index (Phi) is 6.49. The Bertz CT molecular complexity index is 967. The summed E-state index contributed by atoms with van der Waals surface area (Å²) in [6.45, 7) is 8.24. The highest BCUT2D eigenvalue weighted by Crippen LogP contribution is 2.24. The quantitative estimate of drug-likeness (QED) is 0.446. The summed E-state index contributed by atoms with van der Waals surface area (Å²) in [6.07, 6.45) is 1.78. The predicted molar refractivity (Wildman–Crippen MR) is 112 cm³/mol. The number of ether oxygens (including phenoxy) is 1. The van der Waals surface area contributed by atoms with Gasteiger partial charge in [-0.25, -0.2) is 0 Å². The van der Waals surface area contributed by atoms with Crippen molar-refractivity contribution in [3.63, 3.8) is 0 Å². The molecule has 0 fully saturated rings. The van der Waals surface area contributed by atoms with E-state index in [9.17, 15) is 4.79 Å². The zero-order chi connectivity index (χ0) is 19.9. The highest BCUT2D eigenvalue weighted by Gasteiger charge is 2.11. The molecular weight excluding hydrogens is 372 g/mol. The first-order valence-corrected chi connectivity index (χ1v) is 9.81. The van der Waals surface area contributed by atoms with E-state index in [1.807, 2.05) is 66.9 Å². The average molecular weight is 395 g/mol. The number of hydrogen-bond acceptors (Lipinski definition) is 5. The van der Waals surface area contributed by atoms with Crippen LogP contribution in [0.3, 0.4) is 0 Å². The topological polar surface area (TPSA) is 69.0 Å². The maximum atomic E-state index is 12.2. The number of nitrogens with zero attached hydrogens (tertiary/aromatic N) is 3. The Morgan fingerprint density at radius 2 is 1.96 bits per heavy atom. The van der Waals surface area contributed by atoms with Crippen molar-refractivity contribution in [3.8, 4) is 11.5 Å². The second kappa shape index (κ2) is 9.23. The molecule has 28 heavy (non-hydrogen) atoms. The standard InChI is InChI=1S/C21H22N4O2S/c1-4-12-25-16(3)23-24-21(25)28-14-20(26)22-17-8-10-18(11-9-17)27-19-7-5-6-15(2)13-19/h4-11,13H,1,12,14H2,2-3H3,(H,22,26). The van der Waals surface area contributed by atoms with E-state index < -0.39 is 0 Å². The lowest BCUT2D eigenvalue weighted by atomic mass is 10.2. The number of nitrogens with one attached hydrogen (secondary N) is 1. The van der Waals surface area contributed by atoms with E-state index in [4.69, 9.17) is 4.74 Å². The normalized spacial score (nSPS) is 10.5. The van der Waals surface area contributed by atoms with Crippen LogP contribution in [0.4, 0.5) is 5.69 Å². The molecule has 0 atom stereocenters. The summed E-state index contributed by atoms with van der Waals surface area (Å²) in [6, 6.07) is 15.1. The molecule has 2 aromatic carbocycles. The fraction of sp³-hybridized carbons (Fsp3) is 0.190. The van der Waals surface area contributed by atoms with Gasteiger partial charge in [0.15, 0.2) is 5.16 Å². The monoisotopic (exact) mass is 394 g/mol. The fourth-order valence-corrected chi connectivity index (χ4v) is 3.35. The molecule has 1 amide bonds. The van der Waals surface area contributed by atoms with Crippen LogP contribution in [0.25, 0.3) is 0 Å². The number of anilines is 1. The summed E-state index contributed by atoms with van der Waals surface area (Å²) < 4.78 is 7.74. The molecule has 0 saturated carbocycles. The molecule has 1 heterocycles. The Morgan fingerprint density at radius 1 is 1.18 bits per heavy atom. The summed E-state index contributed by atoms with van der Waals surface area (Å²) in [7, 11) is 0. The molecule has 6 nitrogen and oxygen atoms in total. The lowest BCUT2D eigenvalue weighted by Crippen LogP contribution is -2.14. The maximum absolute atomic E-state index is 12.2. The van der Waals surface area contributed by atoms with Crippen molar-refractivity contribution >= 4 is 23.4 Å². The molecule has 7 heteroatoms. The minimum absolute atomic E-state index is 0.108. The maximum Gasteiger partial charge on any atom is 0.234 e. The number of allylic oxidation sites excluding steroid dienone is 1. The van der Waals surface area contributed by atoms with Gasteiger partial charge >= 0.3 is 0 Å². The minimum Gasteiger partial charge on any atom is -0.457 e. The van der Waals surface area contributed by atoms with Gasteiger partial charge in [0.1, 0.15) is 17.3 Å². The van der Waals surface area contributed by atoms with Crippen LogP contribution in [0.5, 0.6) is 11.5 Å². The second-order valence-corrected chi connectivity index (χ2v) is 7.15. The molecule has 0 aliphatic carbocycles. The third-order valence-corrected chi connectivity index (χ3v) is 4.88. The van der Waals surface area contributed by atoms with Gasteiger partial charge in [-0.3, -0.25) is 4.79 Å². The summed E-state index contributed by atoms with van der Waals surface area (Å²) in [4.78, 5) is 12.2. The molecule has 1 N–H and O–H groups in total. The molecule has 0 unspecified atom stereocenters. The van der Waals surface area contributed by atoms with Crippen molar-refractivity contribution in [2.45, 2.75) is 25.5 Å². The zero-order valence-electron chi connectivity index (χ0n) is 15.9. The van der Waals surface area contributed by atoms with E-state index in [0.717, 1.165) is 17.1 Å². The van der Waals surface area contributed by atoms with Crippen molar-refractivity contribution in [2.24, 2.45) is 0 Å². The molecule has 0 radical (unpaired) electrons. The van der Waals surface area contributed by atoms with E-state index in [2.05, 4.69) is 22.1 Å². The predicted octanol–water partition coefficient (Wildman–Crippen LogP) is 4.60. The van der Waals surface area contributed by atoms with Crippen molar-refractivity contribution in [3.05, 3.63) is 72.6 Å². The smallest absolute Gasteiger partial charge is 0.234 e. The molecule has 0 spiro atoms. The molecule has 0 aliphatic rings. The number of rotatable bonds is 8. The van der Waals surface area contributed by atoms with Crippen LogP contribution < -0.4 is 10.1 Å². The number of aryl methyl sites for hydroxylation is 2. The molecule has 0 aliphatic heterocycles. The van der Waals surface area contributed by atoms with Crippen molar-refractivity contribution in [2.75, 3.05) is 11.1 Å². The Labute approximate surface area is 168 Å². The highest BCUT2D eigenvalue weighted by atomic mass is 32.2. The zero-order valence-corrected chi connectivity index (χ0v) is 16.7. The fourth-order valence-electron chi connectivity index (χ4n) is 2.56. The number of amides is 1. The van der Waals surface area contributed by atoms with Gasteiger partial charge in [-0.2, -0.15) is 0 Å². The molecule has 3 rings (SSSR count). The highest BCUT2D eigenvalue weighted by molar-refractivity contribution is 7.99. The van der Waals surface area contributed by atoms with Crippen LogP contribution in [0, 0.1) is 13.8 Å². The Hall–Kier alpha value is -3.06. The number of carbonyl (C=O) groups excluding carboxylic acids is 1. The lowest BCUT2D eigenvalue weighted by molar-refractivity contribution is -0.113. The molecule has 144 valence electrons. The van der Waals surface area contributed by atoms with Crippen LogP contribution in [0.15, 0.2) is 66.3 Å². The van der Waals surface area contributed by atoms with Gasteiger partial charge in [-0.15, -0.1) is 16.8 Å². The third kappa shape index (κ3) is 5.23. The number of aromatic nitrogens is 3. The largest absolute Gasteiger partial charge is 0.457 e. The van der Waals surface area contributed by atoms with E-state index in [1.165, 1.54) is 11.8 Å². The summed E-state index contributed by atoms with van der Waals surface area (Å²) in [5.41, 5.74) is 1.85. The third-order valence-electron chi connectivity index (χ3n) is 3.91. The minimum atomic E-state index is -0.108. The molecule has 0 saturated heterocycles. The van der Waals surface area contributed by atoms with Crippen LogP contribution in [-0.4, -0.2) is 26.4 Å². The number of benzene rings is 2. The van der Waals surface area contributed by atoms with Gasteiger partial charge in [0.25, 0.3) is 0 Å². The first kappa shape index (κ1) is 19.7. The van der Waals surface area contributed by atoms with Crippen LogP contribution in [-0.2, 0) is 11.3 Å². The van der Waals surface area contributed by atoms with Gasteiger partial charge in [-0.1, -0.05) is 30.0 Å². The molecule has 3 aromatic rings. The van der Waals surface area contributed by atoms with Gasteiger partial charge in [0, 0.05) is 12.2 Å². The second-order valence-electron chi connectivity index (χ2n) is 6.21. The summed E-state index contributed by atoms with van der Waals surface area (Å²) >= 11 is 1.35. The molecule has 0 bridgehead atoms. The Morgan fingerprint density at radius 3 is 2.68 bits per heavy atom. The van der Waals surface area contributed by atoms with Gasteiger partial charge < -0.3 is 14.6 Å². The van der Waals surface area contributed by atoms with Crippen LogP contribution in [0.1, 0.15) is 11.4 Å². The SMILES string of the molecule is C=CCn1c(C)nnc1SCC(=O)Nc1ccc(Oc2cccc(C)c2)cc1. The van der Waals surface area contributed by atoms with E-state index in [-0.39, 0.29) is 11.7 Å². The lowest BCUT2D eigenvalue weighted by Gasteiger charge is -2.09. The van der Waals surface area contributed by atoms with Gasteiger partial charge in [0.05, 0.1) is 5.75 Å². The van der Waals surface area contributed by atoms with E-state index in [0.29, 0.717) is 23.1 Å². The number of carbonyl (C=O) groups is 1. The van der Waals surface area contributed by atoms with Gasteiger partial charge in [0.2, 0.25) is 5.91 Å². The number of thioether (sulfide) groups is 1. The summed E-state index contributed by atoms with van der Waals surface area (Å²) in [5, 5.41) is 11.7. The van der Waals surface area contributed by atoms with E-state index >= 15 is 0 Å². The number of hydrogen-bond donors (Lipinski definition) is 1. The van der Waals surface area contributed by atoms with Crippen LogP contribution in [0.2, 0.25) is 0 Å². The molecular formula is C21H22N4O2S. The average Bonchev–Trinajstić information content (AvgIpc) is 3.02. The Balaban J connectivity index is 1.54. The van der Waals surface area contributed by atoms with Crippen molar-refractivity contribution in [1.82, 2.24) is 14.8 Å². The van der Waals surface area contributed by atoms with Gasteiger partial charge in [-0.05, 0) is 55.8 Å². The van der Waals surface area contributed by atoms with Crippen LogP contribution >= 0.6 is 11.8 Å². The molecule has 1 aromatic heterocycles. The first-order valence-electron chi connectivity index (χ1n) is 8.83.